The minimum absolute atomic E-state index is 0.0644. The van der Waals surface area contributed by atoms with E-state index in [1.807, 2.05) is 26.8 Å². The molecule has 0 fully saturated rings. The van der Waals surface area contributed by atoms with Crippen LogP contribution in [0.5, 0.6) is 0 Å². The van der Waals surface area contributed by atoms with Crippen LogP contribution < -0.4 is 10.6 Å². The first-order valence-electron chi connectivity index (χ1n) is 7.94. The van der Waals surface area contributed by atoms with Gasteiger partial charge in [-0.15, -0.1) is 0 Å². The van der Waals surface area contributed by atoms with Crippen LogP contribution in [0.3, 0.4) is 0 Å². The van der Waals surface area contributed by atoms with Gasteiger partial charge in [0.05, 0.1) is 16.1 Å². The van der Waals surface area contributed by atoms with E-state index in [9.17, 15) is 9.59 Å². The molecular weight excluding hydrogens is 359 g/mol. The van der Waals surface area contributed by atoms with Crippen LogP contribution in [0.15, 0.2) is 42.5 Å². The zero-order valence-corrected chi connectivity index (χ0v) is 15.8. The molecule has 25 heavy (non-hydrogen) atoms. The van der Waals surface area contributed by atoms with E-state index in [1.165, 1.54) is 0 Å². The predicted molar refractivity (Wildman–Crippen MR) is 102 cm³/mol. The lowest BCUT2D eigenvalue weighted by molar-refractivity contribution is -0.118. The Morgan fingerprint density at radius 3 is 2.12 bits per heavy atom. The molecule has 2 N–H and O–H groups in total. The second-order valence-corrected chi connectivity index (χ2v) is 6.90. The molecule has 0 radical (unpaired) electrons. The number of carbonyl (C=O) groups is 2. The van der Waals surface area contributed by atoms with Gasteiger partial charge in [0.25, 0.3) is 5.91 Å². The Bertz CT molecular complexity index is 773. The molecule has 2 rings (SSSR count). The Balaban J connectivity index is 2.02. The number of hydrogen-bond acceptors (Lipinski definition) is 2. The lowest BCUT2D eigenvalue weighted by Gasteiger charge is -2.15. The third-order valence-electron chi connectivity index (χ3n) is 3.73. The summed E-state index contributed by atoms with van der Waals surface area (Å²) in [5, 5.41) is 6.62. The standard InChI is InChI=1S/C19H20Cl2N2O2/c1-11(2)18(24)23-15-7-4-13(5-8-15)19(25)22-12(3)14-6-9-16(20)17(21)10-14/h4-12H,1-3H3,(H,22,25)(H,23,24). The number of amides is 2. The van der Waals surface area contributed by atoms with Crippen molar-refractivity contribution >= 4 is 40.7 Å². The Morgan fingerprint density at radius 2 is 1.56 bits per heavy atom. The van der Waals surface area contributed by atoms with Crippen LogP contribution in [0.25, 0.3) is 0 Å². The summed E-state index contributed by atoms with van der Waals surface area (Å²) >= 11 is 11.9. The highest BCUT2D eigenvalue weighted by atomic mass is 35.5. The van der Waals surface area contributed by atoms with Gasteiger partial charge in [0.15, 0.2) is 0 Å². The molecule has 2 amide bonds. The Morgan fingerprint density at radius 1 is 0.920 bits per heavy atom. The van der Waals surface area contributed by atoms with Gasteiger partial charge in [0.2, 0.25) is 5.91 Å². The molecule has 1 unspecified atom stereocenters. The molecule has 0 aliphatic heterocycles. The molecule has 0 heterocycles. The first-order chi connectivity index (χ1) is 11.8. The predicted octanol–water partition coefficient (Wildman–Crippen LogP) is 5.08. The van der Waals surface area contributed by atoms with Gasteiger partial charge in [-0.2, -0.15) is 0 Å². The summed E-state index contributed by atoms with van der Waals surface area (Å²) in [5.74, 6) is -0.374. The van der Waals surface area contributed by atoms with Crippen molar-refractivity contribution in [1.82, 2.24) is 5.32 Å². The van der Waals surface area contributed by atoms with Gasteiger partial charge in [-0.1, -0.05) is 43.1 Å². The summed E-state index contributed by atoms with van der Waals surface area (Å²) in [5.41, 5.74) is 2.03. The van der Waals surface area contributed by atoms with E-state index in [0.717, 1.165) is 5.56 Å². The summed E-state index contributed by atoms with van der Waals surface area (Å²) in [6.45, 7) is 5.51. The molecule has 0 saturated heterocycles. The number of halogens is 2. The van der Waals surface area contributed by atoms with E-state index in [4.69, 9.17) is 23.2 Å². The van der Waals surface area contributed by atoms with Crippen LogP contribution in [0, 0.1) is 5.92 Å². The SMILES string of the molecule is CC(C)C(=O)Nc1ccc(C(=O)NC(C)c2ccc(Cl)c(Cl)c2)cc1. The van der Waals surface area contributed by atoms with Crippen LogP contribution in [0.1, 0.15) is 42.7 Å². The van der Waals surface area contributed by atoms with E-state index in [-0.39, 0.29) is 23.8 Å². The van der Waals surface area contributed by atoms with Crippen molar-refractivity contribution in [3.05, 3.63) is 63.6 Å². The van der Waals surface area contributed by atoms with Crippen LogP contribution in [0.4, 0.5) is 5.69 Å². The molecule has 0 aliphatic rings. The van der Waals surface area contributed by atoms with Crippen molar-refractivity contribution in [2.75, 3.05) is 5.32 Å². The molecule has 4 nitrogen and oxygen atoms in total. The van der Waals surface area contributed by atoms with Gasteiger partial charge in [0, 0.05) is 17.2 Å². The van der Waals surface area contributed by atoms with Crippen molar-refractivity contribution in [3.8, 4) is 0 Å². The number of anilines is 1. The van der Waals surface area contributed by atoms with Crippen LogP contribution in [0.2, 0.25) is 10.0 Å². The third-order valence-corrected chi connectivity index (χ3v) is 4.47. The maximum Gasteiger partial charge on any atom is 0.251 e. The van der Waals surface area contributed by atoms with E-state index in [1.54, 1.807) is 36.4 Å². The minimum Gasteiger partial charge on any atom is -0.346 e. The van der Waals surface area contributed by atoms with E-state index >= 15 is 0 Å². The largest absolute Gasteiger partial charge is 0.346 e. The summed E-state index contributed by atoms with van der Waals surface area (Å²) in [6.07, 6.45) is 0. The van der Waals surface area contributed by atoms with E-state index in [2.05, 4.69) is 10.6 Å². The monoisotopic (exact) mass is 378 g/mol. The maximum absolute atomic E-state index is 12.4. The quantitative estimate of drug-likeness (QED) is 0.761. The van der Waals surface area contributed by atoms with E-state index in [0.29, 0.717) is 21.3 Å². The van der Waals surface area contributed by atoms with Crippen molar-refractivity contribution in [1.29, 1.82) is 0 Å². The highest BCUT2D eigenvalue weighted by Gasteiger charge is 2.13. The van der Waals surface area contributed by atoms with Crippen LogP contribution in [-0.4, -0.2) is 11.8 Å². The van der Waals surface area contributed by atoms with Gasteiger partial charge < -0.3 is 10.6 Å². The molecule has 1 atom stereocenters. The third kappa shape index (κ3) is 5.21. The number of carbonyl (C=O) groups excluding carboxylic acids is 2. The number of benzene rings is 2. The van der Waals surface area contributed by atoms with Gasteiger partial charge in [0.1, 0.15) is 0 Å². The summed E-state index contributed by atoms with van der Waals surface area (Å²) in [7, 11) is 0. The van der Waals surface area contributed by atoms with Crippen molar-refractivity contribution in [3.63, 3.8) is 0 Å². The number of rotatable bonds is 5. The molecule has 0 saturated carbocycles. The Hall–Kier alpha value is -2.04. The van der Waals surface area contributed by atoms with Crippen molar-refractivity contribution in [2.45, 2.75) is 26.8 Å². The molecule has 132 valence electrons. The normalized spacial score (nSPS) is 11.9. The lowest BCUT2D eigenvalue weighted by Crippen LogP contribution is -2.26. The van der Waals surface area contributed by atoms with Gasteiger partial charge in [-0.3, -0.25) is 9.59 Å². The topological polar surface area (TPSA) is 58.2 Å². The Kier molecular flexibility index (Phi) is 6.45. The average molecular weight is 379 g/mol. The lowest BCUT2D eigenvalue weighted by atomic mass is 10.1. The molecule has 6 heteroatoms. The first kappa shape index (κ1) is 19.3. The van der Waals surface area contributed by atoms with Crippen LogP contribution >= 0.6 is 23.2 Å². The Labute approximate surface area is 157 Å². The fourth-order valence-electron chi connectivity index (χ4n) is 2.14. The molecular formula is C19H20Cl2N2O2. The van der Waals surface area contributed by atoms with Gasteiger partial charge in [-0.05, 0) is 48.9 Å². The summed E-state index contributed by atoms with van der Waals surface area (Å²) < 4.78 is 0. The smallest absolute Gasteiger partial charge is 0.251 e. The minimum atomic E-state index is -0.220. The molecule has 2 aromatic carbocycles. The zero-order chi connectivity index (χ0) is 18.6. The summed E-state index contributed by atoms with van der Waals surface area (Å²) in [4.78, 5) is 24.0. The van der Waals surface area contributed by atoms with Crippen molar-refractivity contribution in [2.24, 2.45) is 5.92 Å². The second kappa shape index (κ2) is 8.37. The summed E-state index contributed by atoms with van der Waals surface area (Å²) in [6, 6.07) is 11.8. The average Bonchev–Trinajstić information content (AvgIpc) is 2.57. The number of hydrogen-bond donors (Lipinski definition) is 2. The number of nitrogens with one attached hydrogen (secondary N) is 2. The van der Waals surface area contributed by atoms with Crippen LogP contribution in [-0.2, 0) is 4.79 Å². The van der Waals surface area contributed by atoms with Gasteiger partial charge in [-0.25, -0.2) is 0 Å². The first-order valence-corrected chi connectivity index (χ1v) is 8.70. The fraction of sp³-hybridized carbons (Fsp3) is 0.263. The fourth-order valence-corrected chi connectivity index (χ4v) is 2.44. The molecule has 2 aromatic rings. The highest BCUT2D eigenvalue weighted by Crippen LogP contribution is 2.25. The van der Waals surface area contributed by atoms with Gasteiger partial charge >= 0.3 is 0 Å². The molecule has 0 aromatic heterocycles. The molecule has 0 spiro atoms. The molecule has 0 bridgehead atoms. The zero-order valence-electron chi connectivity index (χ0n) is 14.3. The van der Waals surface area contributed by atoms with Crippen molar-refractivity contribution < 1.29 is 9.59 Å². The molecule has 0 aliphatic carbocycles. The maximum atomic E-state index is 12.4. The highest BCUT2D eigenvalue weighted by molar-refractivity contribution is 6.42. The second-order valence-electron chi connectivity index (χ2n) is 6.09. The van der Waals surface area contributed by atoms with E-state index < -0.39 is 0 Å².